The van der Waals surface area contributed by atoms with Crippen LogP contribution in [0.25, 0.3) is 0 Å². The molecule has 20 heavy (non-hydrogen) atoms. The van der Waals surface area contributed by atoms with Crippen LogP contribution in [0.15, 0.2) is 24.3 Å². The van der Waals surface area contributed by atoms with Crippen molar-refractivity contribution in [3.05, 3.63) is 29.8 Å². The summed E-state index contributed by atoms with van der Waals surface area (Å²) in [5.74, 6) is -0.244. The number of benzene rings is 1. The van der Waals surface area contributed by atoms with Crippen LogP contribution < -0.4 is 10.1 Å². The maximum atomic E-state index is 10.9. The zero-order valence-corrected chi connectivity index (χ0v) is 12.1. The number of carbonyl (C=O) groups is 2. The number of rotatable bonds is 7. The van der Waals surface area contributed by atoms with Gasteiger partial charge in [-0.2, -0.15) is 0 Å². The van der Waals surface area contributed by atoms with Gasteiger partial charge in [0.15, 0.2) is 0 Å². The summed E-state index contributed by atoms with van der Waals surface area (Å²) in [5.41, 5.74) is 0.759. The summed E-state index contributed by atoms with van der Waals surface area (Å²) in [6.45, 7) is 5.93. The minimum atomic E-state index is -1.02. The van der Waals surface area contributed by atoms with Crippen molar-refractivity contribution in [2.45, 2.75) is 45.3 Å². The SMILES string of the molecule is CC(C)(C)Oc1ccc(CCC(NC=O)C(=O)O)cc1. The van der Waals surface area contributed by atoms with Crippen molar-refractivity contribution in [3.63, 3.8) is 0 Å². The van der Waals surface area contributed by atoms with E-state index in [1.165, 1.54) is 0 Å². The van der Waals surface area contributed by atoms with Crippen molar-refractivity contribution in [2.24, 2.45) is 0 Å². The minimum absolute atomic E-state index is 0.246. The Kier molecular flexibility index (Phi) is 5.55. The lowest BCUT2D eigenvalue weighted by Gasteiger charge is -2.21. The van der Waals surface area contributed by atoms with Crippen molar-refractivity contribution in [2.75, 3.05) is 0 Å². The van der Waals surface area contributed by atoms with E-state index < -0.39 is 12.0 Å². The number of carboxylic acids is 1. The molecule has 0 fully saturated rings. The number of ether oxygens (including phenoxy) is 1. The second-order valence-corrected chi connectivity index (χ2v) is 5.57. The predicted octanol–water partition coefficient (Wildman–Crippen LogP) is 2.00. The molecule has 0 saturated heterocycles. The molecule has 0 bridgehead atoms. The van der Waals surface area contributed by atoms with E-state index in [4.69, 9.17) is 9.84 Å². The molecule has 0 radical (unpaired) electrons. The summed E-state index contributed by atoms with van der Waals surface area (Å²) in [4.78, 5) is 21.2. The van der Waals surface area contributed by atoms with Crippen molar-refractivity contribution in [3.8, 4) is 5.75 Å². The predicted molar refractivity (Wildman–Crippen MR) is 75.8 cm³/mol. The number of nitrogens with one attached hydrogen (secondary N) is 1. The molecular formula is C15H21NO4. The zero-order chi connectivity index (χ0) is 15.2. The first-order valence-electron chi connectivity index (χ1n) is 6.52. The van der Waals surface area contributed by atoms with Gasteiger partial charge in [-0.3, -0.25) is 4.79 Å². The Balaban J connectivity index is 2.57. The lowest BCUT2D eigenvalue weighted by molar-refractivity contribution is -0.140. The van der Waals surface area contributed by atoms with Crippen LogP contribution in [0.2, 0.25) is 0 Å². The van der Waals surface area contributed by atoms with E-state index in [1.54, 1.807) is 0 Å². The van der Waals surface area contributed by atoms with E-state index >= 15 is 0 Å². The molecule has 1 aromatic rings. The first-order valence-corrected chi connectivity index (χ1v) is 6.52. The van der Waals surface area contributed by atoms with Crippen LogP contribution in [0.1, 0.15) is 32.8 Å². The van der Waals surface area contributed by atoms with Gasteiger partial charge in [0.25, 0.3) is 0 Å². The molecule has 0 spiro atoms. The van der Waals surface area contributed by atoms with Crippen LogP contribution in [0, 0.1) is 0 Å². The number of aliphatic carboxylic acids is 1. The van der Waals surface area contributed by atoms with Crippen molar-refractivity contribution in [1.82, 2.24) is 5.32 Å². The molecule has 110 valence electrons. The average Bonchev–Trinajstić information content (AvgIpc) is 2.34. The molecule has 5 heteroatoms. The Labute approximate surface area is 118 Å². The molecule has 2 N–H and O–H groups in total. The third kappa shape index (κ3) is 5.73. The highest BCUT2D eigenvalue weighted by Gasteiger charge is 2.16. The lowest BCUT2D eigenvalue weighted by Crippen LogP contribution is -2.36. The third-order valence-electron chi connectivity index (χ3n) is 2.64. The van der Waals surface area contributed by atoms with Crippen LogP contribution in [-0.4, -0.2) is 29.1 Å². The number of carbonyl (C=O) groups excluding carboxylic acids is 1. The van der Waals surface area contributed by atoms with Crippen LogP contribution in [0.3, 0.4) is 0 Å². The normalized spacial score (nSPS) is 12.6. The molecule has 0 saturated carbocycles. The monoisotopic (exact) mass is 279 g/mol. The van der Waals surface area contributed by atoms with Crippen molar-refractivity contribution < 1.29 is 19.4 Å². The lowest BCUT2D eigenvalue weighted by atomic mass is 10.1. The van der Waals surface area contributed by atoms with E-state index in [1.807, 2.05) is 45.0 Å². The molecule has 5 nitrogen and oxygen atoms in total. The highest BCUT2D eigenvalue weighted by atomic mass is 16.5. The molecule has 0 aromatic heterocycles. The molecule has 0 aliphatic heterocycles. The topological polar surface area (TPSA) is 75.6 Å². The van der Waals surface area contributed by atoms with Gasteiger partial charge in [0.1, 0.15) is 17.4 Å². The van der Waals surface area contributed by atoms with Crippen molar-refractivity contribution >= 4 is 12.4 Å². The van der Waals surface area contributed by atoms with Gasteiger partial charge in [0, 0.05) is 0 Å². The Morgan fingerprint density at radius 1 is 1.35 bits per heavy atom. The number of aryl methyl sites for hydroxylation is 1. The quantitative estimate of drug-likeness (QED) is 0.748. The first kappa shape index (κ1) is 16.0. The number of carboxylic acid groups (broad SMARTS) is 1. The summed E-state index contributed by atoms with van der Waals surface area (Å²) in [6, 6.07) is 6.69. The smallest absolute Gasteiger partial charge is 0.326 e. The maximum absolute atomic E-state index is 10.9. The van der Waals surface area contributed by atoms with Crippen LogP contribution in [0.4, 0.5) is 0 Å². The van der Waals surface area contributed by atoms with E-state index in [0.717, 1.165) is 11.3 Å². The molecular weight excluding hydrogens is 258 g/mol. The number of hydrogen-bond acceptors (Lipinski definition) is 3. The number of hydrogen-bond donors (Lipinski definition) is 2. The number of amides is 1. The van der Waals surface area contributed by atoms with E-state index in [9.17, 15) is 9.59 Å². The standard InChI is InChI=1S/C15H21NO4/c1-15(2,3)20-12-7-4-11(5-8-12)6-9-13(14(18)19)16-10-17/h4-5,7-8,10,13H,6,9H2,1-3H3,(H,16,17)(H,18,19). The van der Waals surface area contributed by atoms with Gasteiger partial charge < -0.3 is 15.2 Å². The van der Waals surface area contributed by atoms with Gasteiger partial charge in [-0.15, -0.1) is 0 Å². The fourth-order valence-corrected chi connectivity index (χ4v) is 1.75. The molecule has 1 aromatic carbocycles. The van der Waals surface area contributed by atoms with Crippen LogP contribution in [0.5, 0.6) is 5.75 Å². The molecule has 1 amide bonds. The largest absolute Gasteiger partial charge is 0.488 e. The fourth-order valence-electron chi connectivity index (χ4n) is 1.75. The van der Waals surface area contributed by atoms with Crippen LogP contribution >= 0.6 is 0 Å². The van der Waals surface area contributed by atoms with Gasteiger partial charge in [-0.05, 0) is 51.3 Å². The Hall–Kier alpha value is -2.04. The second-order valence-electron chi connectivity index (χ2n) is 5.57. The Bertz CT molecular complexity index is 448. The molecule has 0 aliphatic carbocycles. The Morgan fingerprint density at radius 2 is 1.95 bits per heavy atom. The molecule has 1 unspecified atom stereocenters. The van der Waals surface area contributed by atoms with E-state index in [2.05, 4.69) is 5.32 Å². The molecule has 1 rings (SSSR count). The average molecular weight is 279 g/mol. The summed E-state index contributed by atoms with van der Waals surface area (Å²) < 4.78 is 5.71. The van der Waals surface area contributed by atoms with Gasteiger partial charge in [-0.25, -0.2) is 4.79 Å². The van der Waals surface area contributed by atoms with Crippen LogP contribution in [-0.2, 0) is 16.0 Å². The summed E-state index contributed by atoms with van der Waals surface area (Å²) in [7, 11) is 0. The summed E-state index contributed by atoms with van der Waals surface area (Å²) >= 11 is 0. The summed E-state index contributed by atoms with van der Waals surface area (Å²) in [6.07, 6.45) is 1.35. The summed E-state index contributed by atoms with van der Waals surface area (Å²) in [5, 5.41) is 11.2. The highest BCUT2D eigenvalue weighted by Crippen LogP contribution is 2.19. The van der Waals surface area contributed by atoms with E-state index in [0.29, 0.717) is 19.3 Å². The minimum Gasteiger partial charge on any atom is -0.488 e. The van der Waals surface area contributed by atoms with Gasteiger partial charge in [0.2, 0.25) is 6.41 Å². The molecule has 1 atom stereocenters. The fraction of sp³-hybridized carbons (Fsp3) is 0.467. The van der Waals surface area contributed by atoms with E-state index in [-0.39, 0.29) is 5.60 Å². The Morgan fingerprint density at radius 3 is 2.40 bits per heavy atom. The van der Waals surface area contributed by atoms with Gasteiger partial charge >= 0.3 is 5.97 Å². The van der Waals surface area contributed by atoms with Crippen molar-refractivity contribution in [1.29, 1.82) is 0 Å². The molecule has 0 heterocycles. The zero-order valence-electron chi connectivity index (χ0n) is 12.1. The maximum Gasteiger partial charge on any atom is 0.326 e. The third-order valence-corrected chi connectivity index (χ3v) is 2.64. The van der Waals surface area contributed by atoms with Gasteiger partial charge in [-0.1, -0.05) is 12.1 Å². The first-order chi connectivity index (χ1) is 9.31. The van der Waals surface area contributed by atoms with Gasteiger partial charge in [0.05, 0.1) is 0 Å². The molecule has 0 aliphatic rings. The second kappa shape index (κ2) is 6.93. The highest BCUT2D eigenvalue weighted by molar-refractivity contribution is 5.76.